The third-order valence-corrected chi connectivity index (χ3v) is 6.09. The molecule has 0 saturated carbocycles. The van der Waals surface area contributed by atoms with Gasteiger partial charge in [-0.25, -0.2) is 9.78 Å². The Labute approximate surface area is 128 Å². The van der Waals surface area contributed by atoms with Crippen LogP contribution in [0.2, 0.25) is 0 Å². The van der Waals surface area contributed by atoms with Crippen LogP contribution in [-0.4, -0.2) is 41.9 Å². The molecule has 118 valence electrons. The highest BCUT2D eigenvalue weighted by Crippen LogP contribution is 2.22. The lowest BCUT2D eigenvalue weighted by molar-refractivity contribution is 0.0691. The van der Waals surface area contributed by atoms with Gasteiger partial charge in [0, 0.05) is 18.5 Å². The van der Waals surface area contributed by atoms with Gasteiger partial charge in [0.05, 0.1) is 6.04 Å². The van der Waals surface area contributed by atoms with E-state index in [0.717, 1.165) is 24.2 Å². The van der Waals surface area contributed by atoms with Gasteiger partial charge in [0.1, 0.15) is 5.01 Å². The quantitative estimate of drug-likeness (QED) is 0.850. The van der Waals surface area contributed by atoms with Crippen LogP contribution in [0.4, 0.5) is 0 Å². The van der Waals surface area contributed by atoms with Crippen LogP contribution in [-0.2, 0) is 10.2 Å². The van der Waals surface area contributed by atoms with Crippen molar-refractivity contribution in [1.82, 2.24) is 14.0 Å². The molecule has 0 spiro atoms. The first-order chi connectivity index (χ1) is 9.79. The number of rotatable bonds is 5. The number of hydrogen-bond acceptors (Lipinski definition) is 5. The van der Waals surface area contributed by atoms with E-state index in [0.29, 0.717) is 24.0 Å². The Morgan fingerprint density at radius 2 is 2.33 bits per heavy atom. The molecule has 7 nitrogen and oxygen atoms in total. The second kappa shape index (κ2) is 6.39. The Kier molecular flexibility index (Phi) is 4.97. The molecule has 21 heavy (non-hydrogen) atoms. The molecular weight excluding hydrogens is 314 g/mol. The largest absolute Gasteiger partial charge is 0.476 e. The van der Waals surface area contributed by atoms with Crippen LogP contribution in [0.5, 0.6) is 0 Å². The summed E-state index contributed by atoms with van der Waals surface area (Å²) in [4.78, 5) is 14.7. The van der Waals surface area contributed by atoms with Gasteiger partial charge in [0.25, 0.3) is 10.2 Å². The number of carboxylic acid groups (broad SMARTS) is 1. The lowest BCUT2D eigenvalue weighted by Crippen LogP contribution is -2.46. The molecule has 0 amide bonds. The van der Waals surface area contributed by atoms with E-state index in [1.54, 1.807) is 6.92 Å². The number of aromatic carboxylic acids is 1. The first kappa shape index (κ1) is 16.3. The SMILES string of the molecule is CC1CCCN(S(=O)(=O)NC(C)c2nc(C(=O)O)cs2)C1. The van der Waals surface area contributed by atoms with E-state index in [4.69, 9.17) is 5.11 Å². The average molecular weight is 333 g/mol. The fourth-order valence-corrected chi connectivity index (χ4v) is 4.70. The Bertz CT molecular complexity index is 614. The van der Waals surface area contributed by atoms with Crippen molar-refractivity contribution < 1.29 is 18.3 Å². The number of carbonyl (C=O) groups is 1. The summed E-state index contributed by atoms with van der Waals surface area (Å²) in [5.74, 6) is -0.762. The summed E-state index contributed by atoms with van der Waals surface area (Å²) in [5.41, 5.74) is -0.0624. The Morgan fingerprint density at radius 1 is 1.62 bits per heavy atom. The maximum Gasteiger partial charge on any atom is 0.355 e. The minimum absolute atomic E-state index is 0.0624. The van der Waals surface area contributed by atoms with Crippen LogP contribution in [0.15, 0.2) is 5.38 Å². The van der Waals surface area contributed by atoms with Crippen LogP contribution in [0.1, 0.15) is 48.2 Å². The second-order valence-corrected chi connectivity index (χ2v) is 7.92. The average Bonchev–Trinajstić information content (AvgIpc) is 2.88. The van der Waals surface area contributed by atoms with Gasteiger partial charge in [-0.2, -0.15) is 17.4 Å². The van der Waals surface area contributed by atoms with Crippen LogP contribution in [0, 0.1) is 5.92 Å². The van der Waals surface area contributed by atoms with Crippen molar-refractivity contribution in [1.29, 1.82) is 0 Å². The van der Waals surface area contributed by atoms with Crippen molar-refractivity contribution in [3.63, 3.8) is 0 Å². The minimum atomic E-state index is -3.57. The van der Waals surface area contributed by atoms with E-state index < -0.39 is 22.2 Å². The fraction of sp³-hybridized carbons (Fsp3) is 0.667. The zero-order valence-electron chi connectivity index (χ0n) is 11.9. The number of carboxylic acids is 1. The van der Waals surface area contributed by atoms with Gasteiger partial charge in [-0.3, -0.25) is 0 Å². The van der Waals surface area contributed by atoms with Crippen LogP contribution in [0.3, 0.4) is 0 Å². The van der Waals surface area contributed by atoms with E-state index in [1.807, 2.05) is 6.92 Å². The van der Waals surface area contributed by atoms with Crippen LogP contribution < -0.4 is 4.72 Å². The highest BCUT2D eigenvalue weighted by Gasteiger charge is 2.29. The van der Waals surface area contributed by atoms with Gasteiger partial charge in [-0.15, -0.1) is 11.3 Å². The molecule has 0 bridgehead atoms. The van der Waals surface area contributed by atoms with Gasteiger partial charge in [0.15, 0.2) is 5.69 Å². The molecule has 2 unspecified atom stereocenters. The van der Waals surface area contributed by atoms with E-state index in [-0.39, 0.29) is 5.69 Å². The van der Waals surface area contributed by atoms with Gasteiger partial charge in [-0.1, -0.05) is 6.92 Å². The predicted molar refractivity (Wildman–Crippen MR) is 79.5 cm³/mol. The number of piperidine rings is 1. The van der Waals surface area contributed by atoms with E-state index in [1.165, 1.54) is 9.69 Å². The van der Waals surface area contributed by atoms with Crippen molar-refractivity contribution >= 4 is 27.5 Å². The molecule has 1 aromatic heterocycles. The van der Waals surface area contributed by atoms with E-state index >= 15 is 0 Å². The monoisotopic (exact) mass is 333 g/mol. The molecule has 0 radical (unpaired) electrons. The summed E-state index contributed by atoms with van der Waals surface area (Å²) in [7, 11) is -3.57. The topological polar surface area (TPSA) is 99.6 Å². The van der Waals surface area contributed by atoms with Crippen molar-refractivity contribution in [2.45, 2.75) is 32.7 Å². The fourth-order valence-electron chi connectivity index (χ4n) is 2.30. The molecule has 1 saturated heterocycles. The summed E-state index contributed by atoms with van der Waals surface area (Å²) in [6.07, 6.45) is 1.90. The highest BCUT2D eigenvalue weighted by molar-refractivity contribution is 7.87. The number of aromatic nitrogens is 1. The maximum absolute atomic E-state index is 12.3. The summed E-state index contributed by atoms with van der Waals surface area (Å²) in [6.45, 7) is 4.73. The number of thiazole rings is 1. The first-order valence-electron chi connectivity index (χ1n) is 6.75. The molecule has 2 atom stereocenters. The molecule has 1 aliphatic heterocycles. The zero-order valence-corrected chi connectivity index (χ0v) is 13.6. The van der Waals surface area contributed by atoms with Crippen molar-refractivity contribution in [2.75, 3.05) is 13.1 Å². The highest BCUT2D eigenvalue weighted by atomic mass is 32.2. The predicted octanol–water partition coefficient (Wildman–Crippen LogP) is 1.47. The zero-order chi connectivity index (χ0) is 15.6. The number of hydrogen-bond donors (Lipinski definition) is 2. The smallest absolute Gasteiger partial charge is 0.355 e. The molecule has 2 N–H and O–H groups in total. The molecule has 9 heteroatoms. The van der Waals surface area contributed by atoms with Crippen LogP contribution >= 0.6 is 11.3 Å². The standard InChI is InChI=1S/C12H19N3O4S2/c1-8-4-3-5-15(6-8)21(18,19)14-9(2)11-13-10(7-20-11)12(16)17/h7-9,14H,3-6H2,1-2H3,(H,16,17). The summed E-state index contributed by atoms with van der Waals surface area (Å²) in [5, 5.41) is 10.7. The minimum Gasteiger partial charge on any atom is -0.476 e. The molecule has 0 aliphatic carbocycles. The van der Waals surface area contributed by atoms with Crippen molar-refractivity contribution in [2.24, 2.45) is 5.92 Å². The second-order valence-electron chi connectivity index (χ2n) is 5.33. The first-order valence-corrected chi connectivity index (χ1v) is 9.07. The summed E-state index contributed by atoms with van der Waals surface area (Å²) in [6, 6.07) is -0.551. The molecule has 1 fully saturated rings. The Hall–Kier alpha value is -1.03. The molecular formula is C12H19N3O4S2. The Morgan fingerprint density at radius 3 is 2.90 bits per heavy atom. The van der Waals surface area contributed by atoms with E-state index in [2.05, 4.69) is 9.71 Å². The van der Waals surface area contributed by atoms with Crippen molar-refractivity contribution in [3.05, 3.63) is 16.1 Å². The summed E-state index contributed by atoms with van der Waals surface area (Å²) >= 11 is 1.14. The molecule has 1 aromatic rings. The normalized spacial score (nSPS) is 22.1. The number of nitrogens with zero attached hydrogens (tertiary/aromatic N) is 2. The van der Waals surface area contributed by atoms with Gasteiger partial charge >= 0.3 is 5.97 Å². The van der Waals surface area contributed by atoms with E-state index in [9.17, 15) is 13.2 Å². The van der Waals surface area contributed by atoms with Crippen LogP contribution in [0.25, 0.3) is 0 Å². The lowest BCUT2D eigenvalue weighted by atomic mass is 10.0. The Balaban J connectivity index is 2.06. The maximum atomic E-state index is 12.3. The lowest BCUT2D eigenvalue weighted by Gasteiger charge is -2.30. The molecule has 0 aromatic carbocycles. The van der Waals surface area contributed by atoms with Gasteiger partial charge in [-0.05, 0) is 25.7 Å². The molecule has 2 rings (SSSR count). The third kappa shape index (κ3) is 4.00. The summed E-state index contributed by atoms with van der Waals surface area (Å²) < 4.78 is 28.7. The number of nitrogens with one attached hydrogen (secondary N) is 1. The van der Waals surface area contributed by atoms with Crippen molar-refractivity contribution in [3.8, 4) is 0 Å². The third-order valence-electron chi connectivity index (χ3n) is 3.40. The van der Waals surface area contributed by atoms with Gasteiger partial charge < -0.3 is 5.11 Å². The van der Waals surface area contributed by atoms with Gasteiger partial charge in [0.2, 0.25) is 0 Å². The molecule has 1 aliphatic rings. The molecule has 2 heterocycles.